The predicted molar refractivity (Wildman–Crippen MR) is 109 cm³/mol. The van der Waals surface area contributed by atoms with Crippen LogP contribution in [0, 0.1) is 0 Å². The molecule has 2 saturated heterocycles. The summed E-state index contributed by atoms with van der Waals surface area (Å²) in [6, 6.07) is 5.30. The van der Waals surface area contributed by atoms with Crippen LogP contribution in [-0.4, -0.2) is 68.9 Å². The zero-order valence-electron chi connectivity index (χ0n) is 14.2. The van der Waals surface area contributed by atoms with Gasteiger partial charge in [-0.15, -0.1) is 11.8 Å². The van der Waals surface area contributed by atoms with E-state index in [2.05, 4.69) is 4.98 Å². The highest BCUT2D eigenvalue weighted by Gasteiger charge is 2.37. The number of nitrogens with one attached hydrogen (secondary N) is 1. The first-order chi connectivity index (χ1) is 12.6. The summed E-state index contributed by atoms with van der Waals surface area (Å²) in [5.74, 6) is 3.36. The minimum Gasteiger partial charge on any atom is -0.361 e. The number of aromatic amines is 1. The number of thioether (sulfide) groups is 2. The molecule has 138 valence electrons. The average molecular weight is 410 g/mol. The topological polar surface area (TPSA) is 56.4 Å². The van der Waals surface area contributed by atoms with Crippen molar-refractivity contribution in [2.75, 3.05) is 36.2 Å². The number of amides is 2. The number of hydrogen-bond acceptors (Lipinski definition) is 4. The highest BCUT2D eigenvalue weighted by Crippen LogP contribution is 2.27. The molecular formula is C18H20ClN3O2S2. The SMILES string of the molecule is O=C(C1CSCN1C(=O)Cc1c[nH]c2cc(Cl)ccc12)N1CCSCC1. The smallest absolute Gasteiger partial charge is 0.246 e. The standard InChI is InChI=1S/C18H20ClN3O2S2/c19-13-1-2-14-12(9-20-15(14)8-13)7-17(23)22-11-26-10-16(22)18(24)21-3-5-25-6-4-21/h1-2,8-9,16,20H,3-7,10-11H2. The van der Waals surface area contributed by atoms with Crippen LogP contribution < -0.4 is 0 Å². The molecule has 0 spiro atoms. The Hall–Kier alpha value is -1.31. The van der Waals surface area contributed by atoms with Gasteiger partial charge >= 0.3 is 0 Å². The Kier molecular flexibility index (Phi) is 5.38. The van der Waals surface area contributed by atoms with E-state index >= 15 is 0 Å². The summed E-state index contributed by atoms with van der Waals surface area (Å²) in [6.45, 7) is 1.58. The van der Waals surface area contributed by atoms with Crippen LogP contribution in [0.4, 0.5) is 0 Å². The first kappa shape index (κ1) is 18.1. The molecule has 4 rings (SSSR count). The van der Waals surface area contributed by atoms with Gasteiger partial charge in [0.15, 0.2) is 0 Å². The Morgan fingerprint density at radius 3 is 2.85 bits per heavy atom. The van der Waals surface area contributed by atoms with E-state index in [-0.39, 0.29) is 17.9 Å². The Morgan fingerprint density at radius 2 is 2.04 bits per heavy atom. The Balaban J connectivity index is 1.48. The maximum Gasteiger partial charge on any atom is 0.246 e. The molecule has 0 radical (unpaired) electrons. The zero-order valence-corrected chi connectivity index (χ0v) is 16.6. The number of hydrogen-bond donors (Lipinski definition) is 1. The number of halogens is 1. The van der Waals surface area contributed by atoms with Crippen LogP contribution >= 0.6 is 35.1 Å². The van der Waals surface area contributed by atoms with Crippen molar-refractivity contribution in [2.45, 2.75) is 12.5 Å². The quantitative estimate of drug-likeness (QED) is 0.846. The summed E-state index contributed by atoms with van der Waals surface area (Å²) >= 11 is 9.56. The molecule has 2 aromatic rings. The fraction of sp³-hybridized carbons (Fsp3) is 0.444. The molecule has 1 N–H and O–H groups in total. The number of fused-ring (bicyclic) bond motifs is 1. The Labute approximate surface area is 165 Å². The molecule has 0 bridgehead atoms. The van der Waals surface area contributed by atoms with Gasteiger partial charge in [0, 0.05) is 52.5 Å². The molecule has 1 aromatic carbocycles. The normalized spacial score (nSPS) is 20.7. The van der Waals surface area contributed by atoms with Gasteiger partial charge in [-0.05, 0) is 17.7 Å². The number of rotatable bonds is 3. The number of nitrogens with zero attached hydrogens (tertiary/aromatic N) is 2. The maximum atomic E-state index is 12.9. The molecule has 0 aliphatic carbocycles. The predicted octanol–water partition coefficient (Wildman–Crippen LogP) is 2.84. The van der Waals surface area contributed by atoms with Crippen LogP contribution in [0.3, 0.4) is 0 Å². The summed E-state index contributed by atoms with van der Waals surface area (Å²) in [5.41, 5.74) is 1.87. The lowest BCUT2D eigenvalue weighted by molar-refractivity contribution is -0.142. The molecule has 2 aliphatic heterocycles. The minimum atomic E-state index is -0.324. The van der Waals surface area contributed by atoms with Crippen LogP contribution in [0.5, 0.6) is 0 Å². The number of carbonyl (C=O) groups excluding carboxylic acids is 2. The fourth-order valence-electron chi connectivity index (χ4n) is 3.46. The van der Waals surface area contributed by atoms with Crippen molar-refractivity contribution in [2.24, 2.45) is 0 Å². The van der Waals surface area contributed by atoms with E-state index in [1.165, 1.54) is 0 Å². The third-order valence-corrected chi connectivity index (χ3v) is 7.07. The van der Waals surface area contributed by atoms with Crippen molar-refractivity contribution in [3.05, 3.63) is 35.0 Å². The van der Waals surface area contributed by atoms with E-state index in [9.17, 15) is 9.59 Å². The van der Waals surface area contributed by atoms with Crippen molar-refractivity contribution in [1.29, 1.82) is 0 Å². The van der Waals surface area contributed by atoms with Crippen molar-refractivity contribution in [1.82, 2.24) is 14.8 Å². The molecule has 5 nitrogen and oxygen atoms in total. The van der Waals surface area contributed by atoms with E-state index in [0.29, 0.717) is 23.1 Å². The second-order valence-electron chi connectivity index (χ2n) is 6.50. The third-order valence-electron chi connectivity index (χ3n) is 4.88. The van der Waals surface area contributed by atoms with E-state index in [0.717, 1.165) is 41.1 Å². The average Bonchev–Trinajstić information content (AvgIpc) is 3.29. The molecule has 8 heteroatoms. The molecule has 3 heterocycles. The molecule has 1 aromatic heterocycles. The third kappa shape index (κ3) is 3.57. The lowest BCUT2D eigenvalue weighted by atomic mass is 10.1. The van der Waals surface area contributed by atoms with Gasteiger partial charge in [0.25, 0.3) is 0 Å². The van der Waals surface area contributed by atoms with E-state index in [4.69, 9.17) is 11.6 Å². The largest absolute Gasteiger partial charge is 0.361 e. The molecule has 0 saturated carbocycles. The molecule has 2 aliphatic rings. The lowest BCUT2D eigenvalue weighted by Crippen LogP contribution is -2.51. The summed E-state index contributed by atoms with van der Waals surface area (Å²) in [6.07, 6.45) is 2.16. The van der Waals surface area contributed by atoms with Crippen LogP contribution in [0.2, 0.25) is 5.02 Å². The van der Waals surface area contributed by atoms with Crippen LogP contribution in [-0.2, 0) is 16.0 Å². The second-order valence-corrected chi connectivity index (χ2v) is 9.16. The van der Waals surface area contributed by atoms with Gasteiger partial charge in [0.05, 0.1) is 12.3 Å². The molecular weight excluding hydrogens is 390 g/mol. The van der Waals surface area contributed by atoms with Gasteiger partial charge in [-0.2, -0.15) is 11.8 Å². The van der Waals surface area contributed by atoms with Gasteiger partial charge in [-0.25, -0.2) is 0 Å². The van der Waals surface area contributed by atoms with Crippen molar-refractivity contribution < 1.29 is 9.59 Å². The number of H-pyrrole nitrogens is 1. The van der Waals surface area contributed by atoms with Crippen LogP contribution in [0.15, 0.2) is 24.4 Å². The summed E-state index contributed by atoms with van der Waals surface area (Å²) in [7, 11) is 0. The van der Waals surface area contributed by atoms with Crippen LogP contribution in [0.25, 0.3) is 10.9 Å². The molecule has 2 fully saturated rings. The molecule has 2 amide bonds. The van der Waals surface area contributed by atoms with Gasteiger partial charge in [-0.3, -0.25) is 9.59 Å². The molecule has 1 atom stereocenters. The molecule has 1 unspecified atom stereocenters. The van der Waals surface area contributed by atoms with Crippen molar-refractivity contribution in [3.8, 4) is 0 Å². The van der Waals surface area contributed by atoms with E-state index in [1.54, 1.807) is 16.7 Å². The minimum absolute atomic E-state index is 0.00980. The number of aromatic nitrogens is 1. The molecule has 26 heavy (non-hydrogen) atoms. The fourth-order valence-corrected chi connectivity index (χ4v) is 5.70. The van der Waals surface area contributed by atoms with Crippen molar-refractivity contribution >= 4 is 57.8 Å². The lowest BCUT2D eigenvalue weighted by Gasteiger charge is -2.32. The number of benzene rings is 1. The van der Waals surface area contributed by atoms with Gasteiger partial charge in [-0.1, -0.05) is 17.7 Å². The monoisotopic (exact) mass is 409 g/mol. The van der Waals surface area contributed by atoms with Crippen LogP contribution in [0.1, 0.15) is 5.56 Å². The van der Waals surface area contributed by atoms with Gasteiger partial charge in [0.1, 0.15) is 6.04 Å². The summed E-state index contributed by atoms with van der Waals surface area (Å²) < 4.78 is 0. The second kappa shape index (κ2) is 7.74. The van der Waals surface area contributed by atoms with Crippen molar-refractivity contribution in [3.63, 3.8) is 0 Å². The number of carbonyl (C=O) groups is 2. The zero-order chi connectivity index (χ0) is 18.1. The first-order valence-corrected chi connectivity index (χ1v) is 11.3. The summed E-state index contributed by atoms with van der Waals surface area (Å²) in [5, 5.41) is 1.67. The van der Waals surface area contributed by atoms with E-state index < -0.39 is 0 Å². The highest BCUT2D eigenvalue weighted by atomic mass is 35.5. The Bertz CT molecular complexity index is 835. The van der Waals surface area contributed by atoms with E-state index in [1.807, 2.05) is 41.1 Å². The highest BCUT2D eigenvalue weighted by molar-refractivity contribution is 7.99. The maximum absolute atomic E-state index is 12.9. The Morgan fingerprint density at radius 1 is 1.23 bits per heavy atom. The first-order valence-electron chi connectivity index (χ1n) is 8.63. The summed E-state index contributed by atoms with van der Waals surface area (Å²) in [4.78, 5) is 32.6. The van der Waals surface area contributed by atoms with Gasteiger partial charge in [0.2, 0.25) is 11.8 Å². The van der Waals surface area contributed by atoms with Gasteiger partial charge < -0.3 is 14.8 Å².